The second kappa shape index (κ2) is 29.0. The number of isocyanates is 1. The summed E-state index contributed by atoms with van der Waals surface area (Å²) in [4.78, 5) is 64.6. The molecular weight excluding hydrogens is 1090 g/mol. The highest BCUT2D eigenvalue weighted by molar-refractivity contribution is 7.90. The Morgan fingerprint density at radius 2 is 1.15 bits per heavy atom. The first-order valence-electron chi connectivity index (χ1n) is 25.7. The molecule has 6 aromatic rings. The number of primary sulfonamides is 1. The number of benzene rings is 2. The van der Waals surface area contributed by atoms with Crippen molar-refractivity contribution in [2.45, 2.75) is 61.9 Å². The van der Waals surface area contributed by atoms with Crippen LogP contribution in [-0.4, -0.2) is 162 Å². The van der Waals surface area contributed by atoms with E-state index in [1.807, 2.05) is 42.0 Å². The molecular formula is C54H68N12O13S2. The van der Waals surface area contributed by atoms with Gasteiger partial charge in [-0.2, -0.15) is 23.6 Å². The number of ether oxygens (including phenoxy) is 5. The predicted molar refractivity (Wildman–Crippen MR) is 299 cm³/mol. The lowest BCUT2D eigenvalue weighted by Crippen LogP contribution is -2.37. The summed E-state index contributed by atoms with van der Waals surface area (Å²) < 4.78 is 78.7. The molecule has 0 spiro atoms. The quantitative estimate of drug-likeness (QED) is 0.0594. The number of carbonyl (C=O) groups is 3. The van der Waals surface area contributed by atoms with Crippen LogP contribution in [0.25, 0.3) is 22.3 Å². The molecule has 0 saturated heterocycles. The highest BCUT2D eigenvalue weighted by atomic mass is 32.2. The monoisotopic (exact) mass is 1160 g/mol. The van der Waals surface area contributed by atoms with Gasteiger partial charge in [0, 0.05) is 109 Å². The van der Waals surface area contributed by atoms with E-state index in [9.17, 15) is 36.0 Å². The topological polar surface area (TPSA) is 313 Å². The van der Waals surface area contributed by atoms with Gasteiger partial charge in [0.2, 0.25) is 17.8 Å². The van der Waals surface area contributed by atoms with Crippen LogP contribution in [0, 0.1) is 0 Å². The second-order valence-electron chi connectivity index (χ2n) is 18.5. The van der Waals surface area contributed by atoms with Crippen molar-refractivity contribution in [2.75, 3.05) is 86.9 Å². The maximum absolute atomic E-state index is 13.1. The smallest absolute Gasteiger partial charge is 0.333 e. The molecule has 2 aromatic carbocycles. The Morgan fingerprint density at radius 3 is 1.64 bits per heavy atom. The number of methoxy groups -OCH3 is 5. The first-order chi connectivity index (χ1) is 38.8. The van der Waals surface area contributed by atoms with Crippen LogP contribution in [0.3, 0.4) is 0 Å². The average molecular weight is 1160 g/mol. The van der Waals surface area contributed by atoms with Crippen LogP contribution in [0.1, 0.15) is 69.4 Å². The Bertz CT molecular complexity index is 3460. The number of nitrogens with one attached hydrogen (secondary N) is 2. The first-order valence-corrected chi connectivity index (χ1v) is 28.7. The third-order valence-electron chi connectivity index (χ3n) is 13.2. The van der Waals surface area contributed by atoms with Gasteiger partial charge in [0.25, 0.3) is 31.9 Å². The first kappa shape index (κ1) is 62.3. The number of aliphatic imine (C=N–C) groups is 1. The number of hydrogen-bond acceptors (Lipinski definition) is 18. The summed E-state index contributed by atoms with van der Waals surface area (Å²) in [5, 5.41) is 14.7. The molecule has 27 heteroatoms. The molecule has 4 aromatic heterocycles. The van der Waals surface area contributed by atoms with Gasteiger partial charge >= 0.3 is 6.03 Å². The van der Waals surface area contributed by atoms with E-state index in [0.29, 0.717) is 69.0 Å². The Balaban J connectivity index is 0.000000216. The zero-order chi connectivity index (χ0) is 58.9. The predicted octanol–water partition coefficient (Wildman–Crippen LogP) is 5.00. The highest BCUT2D eigenvalue weighted by Crippen LogP contribution is 2.40. The molecule has 0 radical (unpaired) electrons. The molecule has 0 aliphatic heterocycles. The van der Waals surface area contributed by atoms with Crippen molar-refractivity contribution in [3.8, 4) is 34.0 Å². The number of pyridine rings is 2. The minimum Gasteiger partial charge on any atom is -0.481 e. The molecule has 2 aliphatic rings. The van der Waals surface area contributed by atoms with Crippen LogP contribution in [0.2, 0.25) is 0 Å². The van der Waals surface area contributed by atoms with Crippen LogP contribution >= 0.6 is 0 Å². The standard InChI is InChI=1S/C27H34N6O6S.C16H14N2O2.C11H20N4O5S/c1-5-13-33(14-15-38-3)26(34)22-17-24(30-32(22)2)40(36,37)31-27(35)29-25-20-8-6-7-18(20)9-10-21(25)19-11-12-28-23(16-19)39-4;1-20-15-9-12(7-8-17-15)14-6-5-11-3-2-4-13(11)16(14)18-10-19;1-14-9(8-10(13-14)21(12,17)18)11(16)15(4-6-19-2)5-7-20-3/h9-12,16-17H,5-8,13-15H2,1-4H3,(H2,29,31,35);5-9H,2-4H2,1H3;8H,4-7H2,1-3H3,(H2,12,17,18). The van der Waals surface area contributed by atoms with Gasteiger partial charge in [-0.3, -0.25) is 19.0 Å². The molecule has 0 atom stereocenters. The largest absolute Gasteiger partial charge is 0.481 e. The number of carbonyl (C=O) groups excluding carboxylic acids is 4. The number of amides is 4. The molecule has 81 heavy (non-hydrogen) atoms. The maximum Gasteiger partial charge on any atom is 0.333 e. The summed E-state index contributed by atoms with van der Waals surface area (Å²) in [6.07, 6.45) is 11.4. The Hall–Kier alpha value is -7.91. The van der Waals surface area contributed by atoms with Gasteiger partial charge in [-0.1, -0.05) is 31.2 Å². The number of sulfonamides is 2. The van der Waals surface area contributed by atoms with E-state index in [2.05, 4.69) is 36.5 Å². The van der Waals surface area contributed by atoms with Crippen molar-refractivity contribution in [2.24, 2.45) is 24.2 Å². The molecule has 4 amide bonds. The lowest BCUT2D eigenvalue weighted by atomic mass is 9.98. The summed E-state index contributed by atoms with van der Waals surface area (Å²) in [5.41, 5.74) is 9.33. The van der Waals surface area contributed by atoms with Crippen molar-refractivity contribution in [3.05, 3.63) is 107 Å². The third kappa shape index (κ3) is 15.9. The normalized spacial score (nSPS) is 12.4. The van der Waals surface area contributed by atoms with Gasteiger partial charge in [0.1, 0.15) is 11.4 Å². The van der Waals surface area contributed by atoms with Crippen LogP contribution in [-0.2, 0) is 78.8 Å². The van der Waals surface area contributed by atoms with E-state index in [1.165, 1.54) is 66.9 Å². The van der Waals surface area contributed by atoms with Crippen molar-refractivity contribution in [1.82, 2.24) is 44.1 Å². The lowest BCUT2D eigenvalue weighted by Gasteiger charge is -2.21. The molecule has 2 aliphatic carbocycles. The number of urea groups is 1. The average Bonchev–Trinajstić information content (AvgIpc) is 4.40. The number of nitrogens with two attached hydrogens (primary N) is 1. The van der Waals surface area contributed by atoms with Crippen LogP contribution in [0.5, 0.6) is 11.8 Å². The molecule has 0 saturated carbocycles. The molecule has 0 bridgehead atoms. The summed E-state index contributed by atoms with van der Waals surface area (Å²) in [5.74, 6) is 0.214. The highest BCUT2D eigenvalue weighted by Gasteiger charge is 2.29. The Morgan fingerprint density at radius 1 is 0.667 bits per heavy atom. The molecule has 0 fully saturated rings. The third-order valence-corrected chi connectivity index (χ3v) is 15.1. The molecule has 4 N–H and O–H groups in total. The molecule has 0 unspecified atom stereocenters. The van der Waals surface area contributed by atoms with E-state index in [4.69, 9.17) is 28.8 Å². The van der Waals surface area contributed by atoms with E-state index >= 15 is 0 Å². The van der Waals surface area contributed by atoms with E-state index in [-0.39, 0.29) is 28.2 Å². The second-order valence-corrected chi connectivity index (χ2v) is 21.6. The Kier molecular flexibility index (Phi) is 22.3. The molecule has 8 rings (SSSR count). The summed E-state index contributed by atoms with van der Waals surface area (Å²) in [7, 11) is 2.32. The minimum absolute atomic E-state index is 0.0835. The van der Waals surface area contributed by atoms with Crippen molar-refractivity contribution in [3.63, 3.8) is 0 Å². The van der Waals surface area contributed by atoms with Gasteiger partial charge in [-0.15, -0.1) is 0 Å². The Labute approximate surface area is 470 Å². The summed E-state index contributed by atoms with van der Waals surface area (Å²) >= 11 is 0. The maximum atomic E-state index is 13.1. The number of rotatable bonds is 22. The molecule has 4 heterocycles. The fourth-order valence-electron chi connectivity index (χ4n) is 9.17. The van der Waals surface area contributed by atoms with Crippen molar-refractivity contribution in [1.29, 1.82) is 0 Å². The summed E-state index contributed by atoms with van der Waals surface area (Å²) in [6.45, 7) is 4.53. The van der Waals surface area contributed by atoms with Crippen molar-refractivity contribution >= 4 is 55.3 Å². The van der Waals surface area contributed by atoms with Crippen LogP contribution < -0.4 is 24.7 Å². The fraction of sp³-hybridized carbons (Fsp3) is 0.407. The zero-order valence-corrected chi connectivity index (χ0v) is 48.2. The number of fused-ring (bicyclic) bond motifs is 2. The number of hydrogen-bond donors (Lipinski definition) is 3. The molecule has 434 valence electrons. The van der Waals surface area contributed by atoms with Crippen LogP contribution in [0.4, 0.5) is 16.2 Å². The minimum atomic E-state index is -4.39. The number of aryl methyl sites for hydroxylation is 4. The fourth-order valence-corrected chi connectivity index (χ4v) is 10.6. The van der Waals surface area contributed by atoms with Gasteiger partial charge in [-0.25, -0.2) is 37.8 Å². The zero-order valence-electron chi connectivity index (χ0n) is 46.6. The van der Waals surface area contributed by atoms with E-state index < -0.39 is 31.1 Å². The lowest BCUT2D eigenvalue weighted by molar-refractivity contribution is 0.0616. The van der Waals surface area contributed by atoms with Gasteiger partial charge in [0.05, 0.1) is 45.4 Å². The van der Waals surface area contributed by atoms with E-state index in [1.54, 1.807) is 49.7 Å². The number of nitrogens with zero attached hydrogens (tertiary/aromatic N) is 9. The number of anilines is 1. The SMILES string of the molecule is CCCN(CCOC)C(=O)c1cc(S(=O)(=O)NC(=O)Nc2c(-c3ccnc(OC)c3)ccc3c2CCC3)nn1C.COCCN(CCOC)C(=O)c1cc(S(N)(=O)=O)nn1C.COc1cc(-c2ccc3c(c2N=C=O)CCC3)ccn1. The number of aromatic nitrogens is 6. The van der Waals surface area contributed by atoms with Crippen molar-refractivity contribution < 1.29 is 59.7 Å². The van der Waals surface area contributed by atoms with Gasteiger partial charge < -0.3 is 38.8 Å². The molecule has 25 nitrogen and oxygen atoms in total. The van der Waals surface area contributed by atoms with Gasteiger partial charge in [0.15, 0.2) is 10.1 Å². The van der Waals surface area contributed by atoms with E-state index in [0.717, 1.165) is 84.5 Å². The summed E-state index contributed by atoms with van der Waals surface area (Å²) in [6, 6.07) is 16.7. The van der Waals surface area contributed by atoms with Crippen LogP contribution in [0.15, 0.2) is 88.1 Å². The van der Waals surface area contributed by atoms with Gasteiger partial charge in [-0.05, 0) is 90.5 Å².